The summed E-state index contributed by atoms with van der Waals surface area (Å²) in [6.07, 6.45) is 13.3. The molecule has 5 nitrogen and oxygen atoms in total. The molecule has 2 rings (SSSR count). The molecule has 1 aromatic rings. The highest BCUT2D eigenvalue weighted by Gasteiger charge is 2.25. The molecule has 0 radical (unpaired) electrons. The van der Waals surface area contributed by atoms with Crippen LogP contribution in [0.15, 0.2) is 59.5 Å². The van der Waals surface area contributed by atoms with Crippen LogP contribution in [0.3, 0.4) is 0 Å². The predicted octanol–water partition coefficient (Wildman–Crippen LogP) is 3.89. The largest absolute Gasteiger partial charge is 0.481 e. The van der Waals surface area contributed by atoms with Crippen molar-refractivity contribution in [1.82, 2.24) is 4.72 Å². The molecular weight excluding hydrogens is 350 g/mol. The fourth-order valence-corrected chi connectivity index (χ4v) is 4.47. The van der Waals surface area contributed by atoms with E-state index in [2.05, 4.69) is 10.8 Å². The van der Waals surface area contributed by atoms with Crippen LogP contribution in [0.1, 0.15) is 44.9 Å². The zero-order valence-corrected chi connectivity index (χ0v) is 15.7. The van der Waals surface area contributed by atoms with E-state index in [9.17, 15) is 13.2 Å². The molecule has 0 spiro atoms. The minimum absolute atomic E-state index is 0.0387. The van der Waals surface area contributed by atoms with Gasteiger partial charge in [0.1, 0.15) is 0 Å². The summed E-state index contributed by atoms with van der Waals surface area (Å²) in [6.45, 7) is 0. The molecule has 0 unspecified atom stereocenters. The van der Waals surface area contributed by atoms with Gasteiger partial charge in [0, 0.05) is 12.5 Å². The van der Waals surface area contributed by atoms with Crippen LogP contribution >= 0.6 is 0 Å². The molecule has 0 heterocycles. The van der Waals surface area contributed by atoms with Crippen LogP contribution < -0.4 is 4.72 Å². The summed E-state index contributed by atoms with van der Waals surface area (Å²) < 4.78 is 27.7. The summed E-state index contributed by atoms with van der Waals surface area (Å²) in [5.41, 5.74) is 0. The van der Waals surface area contributed by atoms with Gasteiger partial charge in [-0.2, -0.15) is 0 Å². The first-order valence-electron chi connectivity index (χ1n) is 9.10. The Morgan fingerprint density at radius 2 is 1.96 bits per heavy atom. The molecule has 0 saturated heterocycles. The SMILES string of the molecule is O=C(O)CCCC=CC=C[C@H]1CCC[C@H](NS(=O)(=O)c2ccccc2)C1. The lowest BCUT2D eigenvalue weighted by Crippen LogP contribution is -2.38. The maximum atomic E-state index is 12.4. The molecule has 26 heavy (non-hydrogen) atoms. The fraction of sp³-hybridized carbons (Fsp3) is 0.450. The number of rotatable bonds is 9. The number of allylic oxidation sites excluding steroid dienone is 4. The van der Waals surface area contributed by atoms with Crippen molar-refractivity contribution in [2.24, 2.45) is 5.92 Å². The number of benzene rings is 1. The van der Waals surface area contributed by atoms with Crippen molar-refractivity contribution in [1.29, 1.82) is 0 Å². The van der Waals surface area contributed by atoms with Gasteiger partial charge in [0.2, 0.25) is 10.0 Å². The quantitative estimate of drug-likeness (QED) is 0.505. The van der Waals surface area contributed by atoms with E-state index in [1.54, 1.807) is 30.3 Å². The van der Waals surface area contributed by atoms with Crippen LogP contribution in [0.2, 0.25) is 0 Å². The van der Waals surface area contributed by atoms with Gasteiger partial charge in [-0.3, -0.25) is 4.79 Å². The standard InChI is InChI=1S/C20H27NO4S/c22-20(23)15-8-3-1-2-5-10-17-11-9-12-18(16-17)21-26(24,25)19-13-6-4-7-14-19/h1-2,4-7,10,13-14,17-18,21H,3,8-9,11-12,15-16H2,(H,22,23)/t17-,18-/m0/s1. The third kappa shape index (κ3) is 7.14. The highest BCUT2D eigenvalue weighted by molar-refractivity contribution is 7.89. The Labute approximate surface area is 155 Å². The number of hydrogen-bond donors (Lipinski definition) is 2. The van der Waals surface area contributed by atoms with Crippen LogP contribution in [0.5, 0.6) is 0 Å². The third-order valence-electron chi connectivity index (χ3n) is 4.48. The summed E-state index contributed by atoms with van der Waals surface area (Å²) in [5, 5.41) is 8.58. The molecule has 0 aromatic heterocycles. The van der Waals surface area contributed by atoms with Gasteiger partial charge in [0.25, 0.3) is 0 Å². The van der Waals surface area contributed by atoms with Crippen molar-refractivity contribution < 1.29 is 18.3 Å². The Morgan fingerprint density at radius 1 is 1.19 bits per heavy atom. The van der Waals surface area contributed by atoms with Gasteiger partial charge < -0.3 is 5.11 Å². The summed E-state index contributed by atoms with van der Waals surface area (Å²) in [6, 6.07) is 8.43. The summed E-state index contributed by atoms with van der Waals surface area (Å²) >= 11 is 0. The Hall–Kier alpha value is -1.92. The normalized spacial score (nSPS) is 21.4. The Morgan fingerprint density at radius 3 is 2.69 bits per heavy atom. The fourth-order valence-electron chi connectivity index (χ4n) is 3.16. The molecule has 6 heteroatoms. The van der Waals surface area contributed by atoms with E-state index in [1.165, 1.54) is 0 Å². The number of unbranched alkanes of at least 4 members (excludes halogenated alkanes) is 1. The first-order valence-corrected chi connectivity index (χ1v) is 10.6. The van der Waals surface area contributed by atoms with Crippen LogP contribution in [0, 0.1) is 5.92 Å². The summed E-state index contributed by atoms with van der Waals surface area (Å²) in [4.78, 5) is 10.7. The van der Waals surface area contributed by atoms with Crippen LogP contribution in [-0.4, -0.2) is 25.5 Å². The maximum Gasteiger partial charge on any atom is 0.303 e. The smallest absolute Gasteiger partial charge is 0.303 e. The van der Waals surface area contributed by atoms with Gasteiger partial charge >= 0.3 is 5.97 Å². The van der Waals surface area contributed by atoms with Gasteiger partial charge in [-0.15, -0.1) is 0 Å². The van der Waals surface area contributed by atoms with Gasteiger partial charge in [-0.1, -0.05) is 48.9 Å². The highest BCUT2D eigenvalue weighted by atomic mass is 32.2. The number of sulfonamides is 1. The topological polar surface area (TPSA) is 83.5 Å². The van der Waals surface area contributed by atoms with Crippen molar-refractivity contribution in [2.45, 2.75) is 55.9 Å². The van der Waals surface area contributed by atoms with E-state index >= 15 is 0 Å². The Balaban J connectivity index is 1.80. The zero-order chi connectivity index (χ0) is 18.8. The molecule has 2 N–H and O–H groups in total. The third-order valence-corrected chi connectivity index (χ3v) is 6.02. The summed E-state index contributed by atoms with van der Waals surface area (Å²) in [7, 11) is -3.46. The summed E-state index contributed by atoms with van der Waals surface area (Å²) in [5.74, 6) is -0.406. The number of carboxylic acids is 1. The minimum Gasteiger partial charge on any atom is -0.481 e. The monoisotopic (exact) mass is 377 g/mol. The second-order valence-corrected chi connectivity index (χ2v) is 8.37. The minimum atomic E-state index is -3.46. The van der Waals surface area contributed by atoms with Crippen molar-refractivity contribution in [3.63, 3.8) is 0 Å². The van der Waals surface area contributed by atoms with E-state index in [1.807, 2.05) is 18.2 Å². The second kappa shape index (κ2) is 10.3. The molecule has 0 aliphatic heterocycles. The lowest BCUT2D eigenvalue weighted by atomic mass is 9.86. The van der Waals surface area contributed by atoms with Crippen LogP contribution in [0.25, 0.3) is 0 Å². The van der Waals surface area contributed by atoms with E-state index in [0.29, 0.717) is 17.2 Å². The molecule has 1 fully saturated rings. The van der Waals surface area contributed by atoms with Gasteiger partial charge in [-0.05, 0) is 50.2 Å². The average molecular weight is 378 g/mol. The Kier molecular flexibility index (Phi) is 8.06. The predicted molar refractivity (Wildman–Crippen MR) is 102 cm³/mol. The molecule has 1 saturated carbocycles. The molecular formula is C20H27NO4S. The number of hydrogen-bond acceptors (Lipinski definition) is 3. The Bertz CT molecular complexity index is 725. The van der Waals surface area contributed by atoms with Crippen molar-refractivity contribution in [3.05, 3.63) is 54.6 Å². The lowest BCUT2D eigenvalue weighted by molar-refractivity contribution is -0.137. The van der Waals surface area contributed by atoms with E-state index in [4.69, 9.17) is 5.11 Å². The molecule has 1 aliphatic rings. The average Bonchev–Trinajstić information content (AvgIpc) is 2.61. The second-order valence-electron chi connectivity index (χ2n) is 6.66. The maximum absolute atomic E-state index is 12.4. The number of carbonyl (C=O) groups is 1. The highest BCUT2D eigenvalue weighted by Crippen LogP contribution is 2.26. The molecule has 0 bridgehead atoms. The van der Waals surface area contributed by atoms with Crippen molar-refractivity contribution >= 4 is 16.0 Å². The number of aliphatic carboxylic acids is 1. The van der Waals surface area contributed by atoms with E-state index in [-0.39, 0.29) is 12.5 Å². The molecule has 1 aromatic carbocycles. The van der Waals surface area contributed by atoms with Gasteiger partial charge in [0.05, 0.1) is 4.90 Å². The van der Waals surface area contributed by atoms with Gasteiger partial charge in [-0.25, -0.2) is 13.1 Å². The number of carboxylic acid groups (broad SMARTS) is 1. The zero-order valence-electron chi connectivity index (χ0n) is 14.9. The van der Waals surface area contributed by atoms with Crippen LogP contribution in [0.4, 0.5) is 0 Å². The molecule has 0 amide bonds. The molecule has 1 aliphatic carbocycles. The first-order chi connectivity index (χ1) is 12.5. The first kappa shape index (κ1) is 20.4. The van der Waals surface area contributed by atoms with E-state index in [0.717, 1.165) is 32.1 Å². The van der Waals surface area contributed by atoms with Crippen molar-refractivity contribution in [2.75, 3.05) is 0 Å². The van der Waals surface area contributed by atoms with Gasteiger partial charge in [0.15, 0.2) is 0 Å². The van der Waals surface area contributed by atoms with Crippen molar-refractivity contribution in [3.8, 4) is 0 Å². The van der Waals surface area contributed by atoms with Crippen LogP contribution in [-0.2, 0) is 14.8 Å². The lowest BCUT2D eigenvalue weighted by Gasteiger charge is -2.27. The number of nitrogens with one attached hydrogen (secondary N) is 1. The molecule has 142 valence electrons. The van der Waals surface area contributed by atoms with E-state index < -0.39 is 16.0 Å². The molecule has 2 atom stereocenters.